The molecule has 1 saturated carbocycles. The Bertz CT molecular complexity index is 575. The van der Waals surface area contributed by atoms with Crippen LogP contribution in [0.25, 0.3) is 0 Å². The molecule has 0 N–H and O–H groups in total. The van der Waals surface area contributed by atoms with Gasteiger partial charge in [0.15, 0.2) is 6.29 Å². The molecule has 2 nitrogen and oxygen atoms in total. The number of benzene rings is 1. The molecular weight excluding hydrogens is 322 g/mol. The highest BCUT2D eigenvalue weighted by Crippen LogP contribution is 2.38. The maximum atomic E-state index is 13.7. The molecule has 1 aliphatic heterocycles. The average molecular weight is 350 g/mol. The summed E-state index contributed by atoms with van der Waals surface area (Å²) >= 11 is 0. The number of rotatable bonds is 4. The van der Waals surface area contributed by atoms with Crippen molar-refractivity contribution in [3.63, 3.8) is 0 Å². The fourth-order valence-electron chi connectivity index (χ4n) is 4.01. The van der Waals surface area contributed by atoms with E-state index in [4.69, 9.17) is 9.47 Å². The lowest BCUT2D eigenvalue weighted by Crippen LogP contribution is -2.34. The molecule has 0 aromatic heterocycles. The first-order valence-corrected chi connectivity index (χ1v) is 9.38. The molecule has 25 heavy (non-hydrogen) atoms. The molecule has 0 unspecified atom stereocenters. The molecule has 0 bridgehead atoms. The lowest BCUT2D eigenvalue weighted by Gasteiger charge is -2.37. The zero-order valence-corrected chi connectivity index (χ0v) is 15.1. The van der Waals surface area contributed by atoms with Crippen LogP contribution in [-0.4, -0.2) is 13.2 Å². The second-order valence-electron chi connectivity index (χ2n) is 7.45. The molecule has 1 aromatic rings. The number of ether oxygens (including phenoxy) is 2. The lowest BCUT2D eigenvalue weighted by molar-refractivity contribution is -0.215. The van der Waals surface area contributed by atoms with E-state index in [0.29, 0.717) is 30.6 Å². The van der Waals surface area contributed by atoms with Crippen molar-refractivity contribution in [3.8, 4) is 0 Å². The highest BCUT2D eigenvalue weighted by Gasteiger charge is 2.32. The van der Waals surface area contributed by atoms with Gasteiger partial charge in [0.2, 0.25) is 0 Å². The lowest BCUT2D eigenvalue weighted by atomic mass is 9.75. The smallest absolute Gasteiger partial charge is 0.184 e. The zero-order valence-electron chi connectivity index (χ0n) is 15.1. The van der Waals surface area contributed by atoms with Crippen LogP contribution in [0.15, 0.2) is 24.3 Å². The number of hydrogen-bond acceptors (Lipinski definition) is 2. The van der Waals surface area contributed by atoms with E-state index in [9.17, 15) is 8.78 Å². The Morgan fingerprint density at radius 2 is 1.60 bits per heavy atom. The van der Waals surface area contributed by atoms with Gasteiger partial charge in [0.05, 0.1) is 13.2 Å². The van der Waals surface area contributed by atoms with Crippen LogP contribution in [0.2, 0.25) is 0 Å². The zero-order chi connectivity index (χ0) is 17.8. The Morgan fingerprint density at radius 1 is 1.00 bits per heavy atom. The first kappa shape index (κ1) is 18.5. The quantitative estimate of drug-likeness (QED) is 0.648. The monoisotopic (exact) mass is 350 g/mol. The second-order valence-corrected chi connectivity index (χ2v) is 7.45. The summed E-state index contributed by atoms with van der Waals surface area (Å²) < 4.78 is 39.1. The minimum absolute atomic E-state index is 0.0344. The minimum atomic E-state index is -0.660. The molecular formula is C21H28F2O2. The van der Waals surface area contributed by atoms with Crippen molar-refractivity contribution in [2.75, 3.05) is 13.2 Å². The molecule has 2 aliphatic rings. The van der Waals surface area contributed by atoms with Crippen molar-refractivity contribution in [1.29, 1.82) is 0 Å². The summed E-state index contributed by atoms with van der Waals surface area (Å²) in [4.78, 5) is 0. The van der Waals surface area contributed by atoms with E-state index in [1.54, 1.807) is 0 Å². The van der Waals surface area contributed by atoms with Crippen molar-refractivity contribution in [2.24, 2.45) is 17.8 Å². The van der Waals surface area contributed by atoms with Crippen LogP contribution < -0.4 is 0 Å². The van der Waals surface area contributed by atoms with Gasteiger partial charge in [-0.3, -0.25) is 0 Å². The average Bonchev–Trinajstić information content (AvgIpc) is 2.64. The molecule has 0 radical (unpaired) electrons. The second kappa shape index (κ2) is 8.41. The van der Waals surface area contributed by atoms with Crippen molar-refractivity contribution in [1.82, 2.24) is 0 Å². The largest absolute Gasteiger partial charge is 0.348 e. The summed E-state index contributed by atoms with van der Waals surface area (Å²) in [6.07, 6.45) is 9.90. The Kier molecular flexibility index (Phi) is 6.24. The fraction of sp³-hybridized carbons (Fsp3) is 0.619. The molecule has 2 fully saturated rings. The SMILES string of the molecule is C/C=C/CC1CCC(C2COC(c3cc(F)c(C)c(F)c3)OC2)CC1. The van der Waals surface area contributed by atoms with Gasteiger partial charge in [0.1, 0.15) is 11.6 Å². The van der Waals surface area contributed by atoms with Gasteiger partial charge >= 0.3 is 0 Å². The van der Waals surface area contributed by atoms with E-state index in [1.165, 1.54) is 51.2 Å². The van der Waals surface area contributed by atoms with E-state index >= 15 is 0 Å². The van der Waals surface area contributed by atoms with E-state index in [-0.39, 0.29) is 5.56 Å². The summed E-state index contributed by atoms with van der Waals surface area (Å²) in [7, 11) is 0. The molecule has 3 rings (SSSR count). The van der Waals surface area contributed by atoms with Gasteiger partial charge in [-0.1, -0.05) is 12.2 Å². The maximum Gasteiger partial charge on any atom is 0.184 e. The summed E-state index contributed by atoms with van der Waals surface area (Å²) in [5, 5.41) is 0. The Morgan fingerprint density at radius 3 is 2.16 bits per heavy atom. The molecule has 1 heterocycles. The predicted molar refractivity (Wildman–Crippen MR) is 94.1 cm³/mol. The van der Waals surface area contributed by atoms with E-state index < -0.39 is 17.9 Å². The topological polar surface area (TPSA) is 18.5 Å². The summed E-state index contributed by atoms with van der Waals surface area (Å²) in [6, 6.07) is 2.63. The van der Waals surface area contributed by atoms with Gasteiger partial charge in [0.25, 0.3) is 0 Å². The maximum absolute atomic E-state index is 13.7. The molecule has 0 atom stereocenters. The first-order chi connectivity index (χ1) is 12.1. The third-order valence-corrected chi connectivity index (χ3v) is 5.76. The van der Waals surface area contributed by atoms with Crippen molar-refractivity contribution in [3.05, 3.63) is 47.0 Å². The van der Waals surface area contributed by atoms with Crippen LogP contribution in [0, 0.1) is 36.3 Å². The minimum Gasteiger partial charge on any atom is -0.348 e. The molecule has 1 aromatic carbocycles. The highest BCUT2D eigenvalue weighted by atomic mass is 19.1. The highest BCUT2D eigenvalue weighted by molar-refractivity contribution is 5.26. The van der Waals surface area contributed by atoms with Crippen LogP contribution in [-0.2, 0) is 9.47 Å². The third kappa shape index (κ3) is 4.48. The van der Waals surface area contributed by atoms with Gasteiger partial charge in [-0.15, -0.1) is 0 Å². The Hall–Kier alpha value is -1.26. The molecule has 138 valence electrons. The summed E-state index contributed by atoms with van der Waals surface area (Å²) in [6.45, 7) is 4.71. The van der Waals surface area contributed by atoms with Gasteiger partial charge in [0, 0.05) is 17.0 Å². The van der Waals surface area contributed by atoms with Crippen molar-refractivity contribution < 1.29 is 18.3 Å². The third-order valence-electron chi connectivity index (χ3n) is 5.76. The molecule has 1 aliphatic carbocycles. The molecule has 1 saturated heterocycles. The van der Waals surface area contributed by atoms with Gasteiger partial charge in [-0.05, 0) is 69.9 Å². The molecule has 0 spiro atoms. The van der Waals surface area contributed by atoms with Crippen molar-refractivity contribution >= 4 is 0 Å². The van der Waals surface area contributed by atoms with Crippen LogP contribution in [0.4, 0.5) is 8.78 Å². The van der Waals surface area contributed by atoms with Gasteiger partial charge < -0.3 is 9.47 Å². The Labute approximate surface area is 149 Å². The Balaban J connectivity index is 1.51. The van der Waals surface area contributed by atoms with Gasteiger partial charge in [-0.2, -0.15) is 0 Å². The van der Waals surface area contributed by atoms with Crippen LogP contribution in [0.5, 0.6) is 0 Å². The van der Waals surface area contributed by atoms with Crippen molar-refractivity contribution in [2.45, 2.75) is 52.2 Å². The standard InChI is InChI=1S/C21H28F2O2/c1-3-4-5-15-6-8-16(9-7-15)18-12-24-21(25-13-18)17-10-19(22)14(2)20(23)11-17/h3-4,10-11,15-16,18,21H,5-9,12-13H2,1-2H3/b4-3+. The van der Waals surface area contributed by atoms with Crippen LogP contribution >= 0.6 is 0 Å². The van der Waals surface area contributed by atoms with Crippen LogP contribution in [0.3, 0.4) is 0 Å². The van der Waals surface area contributed by atoms with E-state index in [0.717, 1.165) is 5.92 Å². The molecule has 4 heteroatoms. The summed E-state index contributed by atoms with van der Waals surface area (Å²) in [5.41, 5.74) is 0.459. The predicted octanol–water partition coefficient (Wildman–Crippen LogP) is 5.71. The van der Waals surface area contributed by atoms with E-state index in [2.05, 4.69) is 19.1 Å². The van der Waals surface area contributed by atoms with Gasteiger partial charge in [-0.25, -0.2) is 8.78 Å². The molecule has 0 amide bonds. The van der Waals surface area contributed by atoms with Crippen LogP contribution in [0.1, 0.15) is 56.4 Å². The first-order valence-electron chi connectivity index (χ1n) is 9.38. The van der Waals surface area contributed by atoms with E-state index in [1.807, 2.05) is 0 Å². The number of halogens is 2. The normalized spacial score (nSPS) is 30.7. The number of allylic oxidation sites excluding steroid dienone is 2. The summed E-state index contributed by atoms with van der Waals surface area (Å²) in [5.74, 6) is 0.727. The fourth-order valence-corrected chi connectivity index (χ4v) is 4.01. The number of hydrogen-bond donors (Lipinski definition) is 0.